The van der Waals surface area contributed by atoms with Gasteiger partial charge in [-0.1, -0.05) is 27.7 Å². The minimum Gasteiger partial charge on any atom is -0.463 e. The molecule has 0 fully saturated rings. The monoisotopic (exact) mass is 286 g/mol. The molecule has 0 saturated heterocycles. The SMILES string of the molecule is CCOC(=O)/C(=C/[C@H](C)O[Si](C)(C)C(C)(C)C)CC. The van der Waals surface area contributed by atoms with Gasteiger partial charge in [-0.2, -0.15) is 0 Å². The molecule has 0 unspecified atom stereocenters. The summed E-state index contributed by atoms with van der Waals surface area (Å²) in [4.78, 5) is 11.7. The second-order valence-corrected chi connectivity index (χ2v) is 11.1. The van der Waals surface area contributed by atoms with Crippen LogP contribution in [0.3, 0.4) is 0 Å². The minimum atomic E-state index is -1.80. The number of esters is 1. The van der Waals surface area contributed by atoms with Crippen LogP contribution in [0.1, 0.15) is 48.0 Å². The molecule has 0 rings (SSSR count). The molecular formula is C15H30O3Si. The second-order valence-electron chi connectivity index (χ2n) is 6.35. The highest BCUT2D eigenvalue weighted by Crippen LogP contribution is 2.37. The molecule has 0 aliphatic heterocycles. The van der Waals surface area contributed by atoms with E-state index in [0.29, 0.717) is 18.6 Å². The maximum Gasteiger partial charge on any atom is 0.333 e. The molecule has 3 nitrogen and oxygen atoms in total. The molecule has 0 N–H and O–H groups in total. The summed E-state index contributed by atoms with van der Waals surface area (Å²) in [7, 11) is -1.80. The van der Waals surface area contributed by atoms with E-state index in [1.165, 1.54) is 0 Å². The Morgan fingerprint density at radius 2 is 1.79 bits per heavy atom. The lowest BCUT2D eigenvalue weighted by Crippen LogP contribution is -2.43. The minimum absolute atomic E-state index is 0.0553. The van der Waals surface area contributed by atoms with Crippen LogP contribution in [-0.4, -0.2) is 27.0 Å². The Hall–Kier alpha value is -0.613. The number of rotatable bonds is 6. The highest BCUT2D eigenvalue weighted by Gasteiger charge is 2.38. The van der Waals surface area contributed by atoms with Crippen LogP contribution in [0, 0.1) is 0 Å². The molecule has 0 aromatic carbocycles. The fraction of sp³-hybridized carbons (Fsp3) is 0.800. The Kier molecular flexibility index (Phi) is 7.01. The van der Waals surface area contributed by atoms with Gasteiger partial charge < -0.3 is 9.16 Å². The highest BCUT2D eigenvalue weighted by atomic mass is 28.4. The molecule has 0 heterocycles. The molecule has 0 bridgehead atoms. The number of carbonyl (C=O) groups is 1. The third-order valence-electron chi connectivity index (χ3n) is 3.64. The molecule has 1 atom stereocenters. The molecule has 0 aliphatic rings. The van der Waals surface area contributed by atoms with Crippen LogP contribution in [0.5, 0.6) is 0 Å². The van der Waals surface area contributed by atoms with Crippen LogP contribution in [0.2, 0.25) is 18.1 Å². The van der Waals surface area contributed by atoms with Gasteiger partial charge in [-0.3, -0.25) is 0 Å². The first kappa shape index (κ1) is 18.4. The Morgan fingerprint density at radius 1 is 1.26 bits per heavy atom. The Labute approximate surface area is 119 Å². The summed E-state index contributed by atoms with van der Waals surface area (Å²) >= 11 is 0. The molecule has 0 aromatic rings. The predicted molar refractivity (Wildman–Crippen MR) is 82.8 cm³/mol. The van der Waals surface area contributed by atoms with E-state index in [1.807, 2.05) is 26.8 Å². The largest absolute Gasteiger partial charge is 0.463 e. The Bertz CT molecular complexity index is 327. The van der Waals surface area contributed by atoms with Crippen molar-refractivity contribution in [2.45, 2.75) is 72.2 Å². The van der Waals surface area contributed by atoms with E-state index < -0.39 is 8.32 Å². The van der Waals surface area contributed by atoms with Gasteiger partial charge in [0.2, 0.25) is 0 Å². The smallest absolute Gasteiger partial charge is 0.333 e. The van der Waals surface area contributed by atoms with Crippen molar-refractivity contribution >= 4 is 14.3 Å². The first-order chi connectivity index (χ1) is 8.55. The molecule has 0 radical (unpaired) electrons. The van der Waals surface area contributed by atoms with Gasteiger partial charge >= 0.3 is 5.97 Å². The summed E-state index contributed by atoms with van der Waals surface area (Å²) in [6.07, 6.45) is 2.52. The summed E-state index contributed by atoms with van der Waals surface area (Å²) in [6, 6.07) is 0. The first-order valence-corrected chi connectivity index (χ1v) is 10.0. The second kappa shape index (κ2) is 7.24. The van der Waals surface area contributed by atoms with E-state index in [-0.39, 0.29) is 17.1 Å². The van der Waals surface area contributed by atoms with Crippen molar-refractivity contribution in [2.75, 3.05) is 6.61 Å². The quantitative estimate of drug-likeness (QED) is 0.415. The molecule has 0 spiro atoms. The van der Waals surface area contributed by atoms with Crippen molar-refractivity contribution in [3.63, 3.8) is 0 Å². The molecule has 0 aromatic heterocycles. The standard InChI is InChI=1S/C15H30O3Si/c1-9-13(14(16)17-10-2)11-12(3)18-19(7,8)15(4,5)6/h11-12H,9-10H2,1-8H3/b13-11+/t12-/m0/s1. The maximum atomic E-state index is 11.7. The van der Waals surface area contributed by atoms with Crippen LogP contribution >= 0.6 is 0 Å². The fourth-order valence-corrected chi connectivity index (χ4v) is 2.86. The lowest BCUT2D eigenvalue weighted by atomic mass is 10.1. The molecule has 0 saturated carbocycles. The van der Waals surface area contributed by atoms with Crippen molar-refractivity contribution in [1.82, 2.24) is 0 Å². The summed E-state index contributed by atoms with van der Waals surface area (Å²) < 4.78 is 11.3. The average Bonchev–Trinajstić information content (AvgIpc) is 2.23. The third-order valence-corrected chi connectivity index (χ3v) is 8.21. The van der Waals surface area contributed by atoms with E-state index in [4.69, 9.17) is 9.16 Å². The van der Waals surface area contributed by atoms with E-state index in [0.717, 1.165) is 0 Å². The van der Waals surface area contributed by atoms with Gasteiger partial charge in [-0.05, 0) is 44.5 Å². The zero-order chi connectivity index (χ0) is 15.3. The third kappa shape index (κ3) is 5.91. The van der Waals surface area contributed by atoms with Gasteiger partial charge in [0.15, 0.2) is 8.32 Å². The molecule has 0 aliphatic carbocycles. The van der Waals surface area contributed by atoms with Crippen LogP contribution in [0.15, 0.2) is 11.6 Å². The van der Waals surface area contributed by atoms with E-state index in [9.17, 15) is 4.79 Å². The lowest BCUT2D eigenvalue weighted by Gasteiger charge is -2.38. The number of carbonyl (C=O) groups excluding carboxylic acids is 1. The van der Waals surface area contributed by atoms with Crippen LogP contribution in [0.4, 0.5) is 0 Å². The van der Waals surface area contributed by atoms with Gasteiger partial charge in [-0.25, -0.2) is 4.79 Å². The molecule has 0 amide bonds. The fourth-order valence-electron chi connectivity index (χ4n) is 1.51. The zero-order valence-corrected chi connectivity index (χ0v) is 14.8. The van der Waals surface area contributed by atoms with Crippen molar-refractivity contribution < 1.29 is 14.0 Å². The maximum absolute atomic E-state index is 11.7. The predicted octanol–water partition coefficient (Wildman–Crippen LogP) is 4.30. The van der Waals surface area contributed by atoms with E-state index in [1.54, 1.807) is 0 Å². The Balaban J connectivity index is 4.83. The summed E-state index contributed by atoms with van der Waals surface area (Å²) in [5, 5.41) is 0.172. The van der Waals surface area contributed by atoms with Crippen molar-refractivity contribution in [3.8, 4) is 0 Å². The summed E-state index contributed by atoms with van der Waals surface area (Å²) in [5.41, 5.74) is 0.702. The summed E-state index contributed by atoms with van der Waals surface area (Å²) in [5.74, 6) is -0.226. The Morgan fingerprint density at radius 3 is 2.16 bits per heavy atom. The average molecular weight is 286 g/mol. The van der Waals surface area contributed by atoms with Gasteiger partial charge in [0.25, 0.3) is 0 Å². The topological polar surface area (TPSA) is 35.5 Å². The van der Waals surface area contributed by atoms with Crippen LogP contribution in [-0.2, 0) is 14.0 Å². The van der Waals surface area contributed by atoms with Crippen molar-refractivity contribution in [2.24, 2.45) is 0 Å². The van der Waals surface area contributed by atoms with Gasteiger partial charge in [0.1, 0.15) is 0 Å². The lowest BCUT2D eigenvalue weighted by molar-refractivity contribution is -0.138. The molecule has 112 valence electrons. The van der Waals surface area contributed by atoms with E-state index >= 15 is 0 Å². The highest BCUT2D eigenvalue weighted by molar-refractivity contribution is 6.74. The normalized spacial score (nSPS) is 15.3. The molecule has 4 heteroatoms. The molecule has 19 heavy (non-hydrogen) atoms. The number of hydrogen-bond acceptors (Lipinski definition) is 3. The van der Waals surface area contributed by atoms with Gasteiger partial charge in [0.05, 0.1) is 12.7 Å². The van der Waals surface area contributed by atoms with Crippen molar-refractivity contribution in [3.05, 3.63) is 11.6 Å². The van der Waals surface area contributed by atoms with Gasteiger partial charge in [0, 0.05) is 5.57 Å². The van der Waals surface area contributed by atoms with Crippen LogP contribution in [0.25, 0.3) is 0 Å². The zero-order valence-electron chi connectivity index (χ0n) is 13.8. The van der Waals surface area contributed by atoms with Gasteiger partial charge in [-0.15, -0.1) is 0 Å². The molecular weight excluding hydrogens is 256 g/mol. The number of hydrogen-bond donors (Lipinski definition) is 0. The van der Waals surface area contributed by atoms with E-state index in [2.05, 4.69) is 33.9 Å². The van der Waals surface area contributed by atoms with Crippen LogP contribution < -0.4 is 0 Å². The summed E-state index contributed by atoms with van der Waals surface area (Å²) in [6.45, 7) is 17.2. The first-order valence-electron chi connectivity index (χ1n) is 7.10. The number of ether oxygens (including phenoxy) is 1. The van der Waals surface area contributed by atoms with Crippen molar-refractivity contribution in [1.29, 1.82) is 0 Å².